The zero-order chi connectivity index (χ0) is 23.2. The van der Waals surface area contributed by atoms with E-state index in [0.717, 1.165) is 5.52 Å². The zero-order valence-electron chi connectivity index (χ0n) is 17.0. The van der Waals surface area contributed by atoms with Gasteiger partial charge in [-0.1, -0.05) is 6.07 Å². The zero-order valence-corrected chi connectivity index (χ0v) is 17.8. The van der Waals surface area contributed by atoms with Crippen molar-refractivity contribution in [3.8, 4) is 5.75 Å². The molecule has 1 aromatic carbocycles. The average molecular weight is 473 g/mol. The lowest BCUT2D eigenvalue weighted by atomic mass is 9.93. The Morgan fingerprint density at radius 1 is 1.16 bits per heavy atom. The van der Waals surface area contributed by atoms with Crippen molar-refractivity contribution in [3.63, 3.8) is 0 Å². The summed E-state index contributed by atoms with van der Waals surface area (Å²) in [5.74, 6) is -3.58. The maximum atomic E-state index is 13.1. The van der Waals surface area contributed by atoms with Crippen LogP contribution in [0.2, 0.25) is 0 Å². The Kier molecular flexibility index (Phi) is 5.71. The molecule has 1 saturated heterocycles. The molecule has 3 heterocycles. The first-order chi connectivity index (χ1) is 15.1. The first kappa shape index (κ1) is 22.3. The Labute approximate surface area is 181 Å². The van der Waals surface area contributed by atoms with Crippen molar-refractivity contribution in [1.82, 2.24) is 18.8 Å². The third-order valence-corrected chi connectivity index (χ3v) is 6.88. The van der Waals surface area contributed by atoms with E-state index in [-0.39, 0.29) is 18.8 Å². The molecular weight excluding hydrogens is 454 g/mol. The number of pyridine rings is 1. The topological polar surface area (TPSA) is 80.6 Å². The van der Waals surface area contributed by atoms with Gasteiger partial charge < -0.3 is 14.2 Å². The highest BCUT2D eigenvalue weighted by Crippen LogP contribution is 2.39. The summed E-state index contributed by atoms with van der Waals surface area (Å²) < 4.78 is 81.8. The van der Waals surface area contributed by atoms with Gasteiger partial charge in [0.15, 0.2) is 0 Å². The van der Waals surface area contributed by atoms with Gasteiger partial charge in [-0.25, -0.2) is 18.4 Å². The van der Waals surface area contributed by atoms with Crippen LogP contribution in [0.15, 0.2) is 36.8 Å². The minimum absolute atomic E-state index is 0.137. The van der Waals surface area contributed by atoms with Crippen molar-refractivity contribution in [2.45, 2.75) is 18.3 Å². The summed E-state index contributed by atoms with van der Waals surface area (Å²) >= 11 is 0. The standard InChI is InChI=1S/C19H19F4N5O3S/c1-26-10-25-13-7-24-17(6-15(13)26)27(2)14-4-3-11(5-16(14)31-18(20)21)12-8-28(9-12)32(29,30)19(22)23/h3-7,10,12,18-19H,8-9H2,1-2H3. The molecule has 0 saturated carbocycles. The number of rotatable bonds is 7. The first-order valence-corrected chi connectivity index (χ1v) is 10.9. The van der Waals surface area contributed by atoms with E-state index in [2.05, 4.69) is 9.97 Å². The number of imidazole rings is 1. The third kappa shape index (κ3) is 3.97. The van der Waals surface area contributed by atoms with Gasteiger partial charge >= 0.3 is 12.4 Å². The highest BCUT2D eigenvalue weighted by molar-refractivity contribution is 7.89. The fraction of sp³-hybridized carbons (Fsp3) is 0.368. The van der Waals surface area contributed by atoms with Crippen molar-refractivity contribution in [3.05, 3.63) is 42.4 Å². The van der Waals surface area contributed by atoms with E-state index in [9.17, 15) is 26.0 Å². The highest BCUT2D eigenvalue weighted by atomic mass is 32.2. The summed E-state index contributed by atoms with van der Waals surface area (Å²) in [7, 11) is -1.21. The van der Waals surface area contributed by atoms with Crippen molar-refractivity contribution in [1.29, 1.82) is 0 Å². The van der Waals surface area contributed by atoms with Crippen molar-refractivity contribution < 1.29 is 30.7 Å². The summed E-state index contributed by atoms with van der Waals surface area (Å²) in [6.07, 6.45) is 3.20. The number of sulfonamides is 1. The molecule has 1 fully saturated rings. The predicted octanol–water partition coefficient (Wildman–Crippen LogP) is 3.29. The van der Waals surface area contributed by atoms with Gasteiger partial charge in [0, 0.05) is 39.2 Å². The van der Waals surface area contributed by atoms with Crippen LogP contribution in [0.4, 0.5) is 29.1 Å². The van der Waals surface area contributed by atoms with Gasteiger partial charge in [-0.2, -0.15) is 21.9 Å². The molecule has 32 heavy (non-hydrogen) atoms. The average Bonchev–Trinajstić information content (AvgIpc) is 3.06. The minimum Gasteiger partial charge on any atom is -0.433 e. The second-order valence-electron chi connectivity index (χ2n) is 7.37. The number of benzene rings is 1. The number of aromatic nitrogens is 3. The van der Waals surface area contributed by atoms with Crippen LogP contribution >= 0.6 is 0 Å². The van der Waals surface area contributed by atoms with Crippen LogP contribution in [-0.2, 0) is 17.1 Å². The molecule has 0 atom stereocenters. The van der Waals surface area contributed by atoms with Crippen LogP contribution in [0.5, 0.6) is 5.75 Å². The molecular formula is C19H19F4N5O3S. The van der Waals surface area contributed by atoms with Crippen LogP contribution in [0.1, 0.15) is 11.5 Å². The lowest BCUT2D eigenvalue weighted by molar-refractivity contribution is -0.0495. The monoisotopic (exact) mass is 473 g/mol. The molecule has 0 aliphatic carbocycles. The Hall–Kier alpha value is -2.93. The largest absolute Gasteiger partial charge is 0.433 e. The molecule has 0 spiro atoms. The van der Waals surface area contributed by atoms with Crippen LogP contribution in [-0.4, -0.2) is 59.8 Å². The summed E-state index contributed by atoms with van der Waals surface area (Å²) in [6.45, 7) is -3.41. The number of hydrogen-bond acceptors (Lipinski definition) is 6. The van der Waals surface area contributed by atoms with E-state index in [0.29, 0.717) is 26.9 Å². The second-order valence-corrected chi connectivity index (χ2v) is 9.27. The number of ether oxygens (including phenoxy) is 1. The molecule has 13 heteroatoms. The van der Waals surface area contributed by atoms with Crippen molar-refractivity contribution >= 4 is 32.6 Å². The maximum Gasteiger partial charge on any atom is 0.387 e. The number of anilines is 2. The quantitative estimate of drug-likeness (QED) is 0.490. The molecule has 172 valence electrons. The maximum absolute atomic E-state index is 13.1. The number of fused-ring (bicyclic) bond motifs is 1. The number of halogens is 4. The second kappa shape index (κ2) is 8.20. The summed E-state index contributed by atoms with van der Waals surface area (Å²) in [5, 5.41) is 0. The van der Waals surface area contributed by atoms with Gasteiger partial charge in [-0.3, -0.25) is 0 Å². The summed E-state index contributed by atoms with van der Waals surface area (Å²) in [6, 6.07) is 6.30. The molecule has 0 amide bonds. The number of nitrogens with zero attached hydrogens (tertiary/aromatic N) is 5. The molecule has 4 rings (SSSR count). The number of aryl methyl sites for hydroxylation is 1. The van der Waals surface area contributed by atoms with Crippen LogP contribution in [0, 0.1) is 0 Å². The summed E-state index contributed by atoms with van der Waals surface area (Å²) in [4.78, 5) is 10.1. The van der Waals surface area contributed by atoms with Gasteiger partial charge in [-0.05, 0) is 17.7 Å². The minimum atomic E-state index is -4.66. The Morgan fingerprint density at radius 2 is 1.88 bits per heavy atom. The molecule has 0 radical (unpaired) electrons. The Balaban J connectivity index is 1.62. The highest BCUT2D eigenvalue weighted by Gasteiger charge is 2.41. The Bertz CT molecular complexity index is 1240. The predicted molar refractivity (Wildman–Crippen MR) is 109 cm³/mol. The molecule has 1 aliphatic heterocycles. The smallest absolute Gasteiger partial charge is 0.387 e. The fourth-order valence-corrected chi connectivity index (χ4v) is 4.55. The Morgan fingerprint density at radius 3 is 2.53 bits per heavy atom. The normalized spacial score (nSPS) is 15.5. The van der Waals surface area contributed by atoms with Gasteiger partial charge in [0.25, 0.3) is 10.0 Å². The van der Waals surface area contributed by atoms with E-state index in [1.807, 2.05) is 7.05 Å². The van der Waals surface area contributed by atoms with Gasteiger partial charge in [0.05, 0.1) is 23.7 Å². The van der Waals surface area contributed by atoms with E-state index >= 15 is 0 Å². The van der Waals surface area contributed by atoms with Crippen LogP contribution < -0.4 is 9.64 Å². The molecule has 1 aliphatic rings. The lowest BCUT2D eigenvalue weighted by Gasteiger charge is -2.38. The van der Waals surface area contributed by atoms with E-state index in [4.69, 9.17) is 4.74 Å². The summed E-state index contributed by atoms with van der Waals surface area (Å²) in [5.41, 5.74) is 2.29. The van der Waals surface area contributed by atoms with E-state index < -0.39 is 28.3 Å². The molecule has 2 aromatic heterocycles. The SMILES string of the molecule is CN(c1cc2c(cn1)ncn2C)c1ccc(C2CN(S(=O)(=O)C(F)F)C2)cc1OC(F)F. The fourth-order valence-electron chi connectivity index (χ4n) is 3.55. The van der Waals surface area contributed by atoms with Gasteiger partial charge in [0.2, 0.25) is 0 Å². The molecule has 3 aromatic rings. The number of alkyl halides is 4. The van der Waals surface area contributed by atoms with Crippen molar-refractivity contribution in [2.24, 2.45) is 7.05 Å². The van der Waals surface area contributed by atoms with Crippen LogP contribution in [0.3, 0.4) is 0 Å². The van der Waals surface area contributed by atoms with Gasteiger partial charge in [0.1, 0.15) is 17.1 Å². The van der Waals surface area contributed by atoms with E-state index in [1.54, 1.807) is 47.2 Å². The van der Waals surface area contributed by atoms with Crippen molar-refractivity contribution in [2.75, 3.05) is 25.0 Å². The van der Waals surface area contributed by atoms with Crippen LogP contribution in [0.25, 0.3) is 11.0 Å². The number of hydrogen-bond donors (Lipinski definition) is 0. The van der Waals surface area contributed by atoms with E-state index in [1.165, 1.54) is 6.07 Å². The first-order valence-electron chi connectivity index (χ1n) is 9.44. The molecule has 0 bridgehead atoms. The molecule has 8 nitrogen and oxygen atoms in total. The molecule has 0 unspecified atom stereocenters. The lowest BCUT2D eigenvalue weighted by Crippen LogP contribution is -2.50. The van der Waals surface area contributed by atoms with Gasteiger partial charge in [-0.15, -0.1) is 0 Å². The molecule has 0 N–H and O–H groups in total. The third-order valence-electron chi connectivity index (χ3n) is 5.41.